The number of carbonyl (C=O) groups is 4. The number of nitrogens with zero attached hydrogens (tertiary/aromatic N) is 3. The molecule has 0 bridgehead atoms. The summed E-state index contributed by atoms with van der Waals surface area (Å²) in [7, 11) is 0. The van der Waals surface area contributed by atoms with Gasteiger partial charge in [-0.3, -0.25) is 19.2 Å². The van der Waals surface area contributed by atoms with E-state index in [1.165, 1.54) is 11.1 Å². The Morgan fingerprint density at radius 2 is 1.75 bits per heavy atom. The number of Topliss-reactive ketones (excluding diaryl/α,β-unsaturated/α-hetero) is 1. The maximum Gasteiger partial charge on any atom is 0.277 e. The van der Waals surface area contributed by atoms with Gasteiger partial charge in [0.2, 0.25) is 11.6 Å². The number of ketones is 3. The lowest BCUT2D eigenvalue weighted by Crippen LogP contribution is -2.40. The lowest BCUT2D eigenvalue weighted by molar-refractivity contribution is -0.130. The minimum atomic E-state index is -0.579. The summed E-state index contributed by atoms with van der Waals surface area (Å²) in [5, 5.41) is 26.3. The van der Waals surface area contributed by atoms with Crippen LogP contribution in [0.2, 0.25) is 0 Å². The Morgan fingerprint density at radius 3 is 2.35 bits per heavy atom. The Morgan fingerprint density at radius 1 is 1.02 bits per heavy atom. The van der Waals surface area contributed by atoms with E-state index < -0.39 is 17.2 Å². The molecule has 40 heavy (non-hydrogen) atoms. The topological polar surface area (TPSA) is 137 Å². The highest BCUT2D eigenvalue weighted by molar-refractivity contribution is 6.44. The quantitative estimate of drug-likeness (QED) is 0.356. The van der Waals surface area contributed by atoms with Crippen molar-refractivity contribution in [1.29, 1.82) is 0 Å². The molecule has 10 heteroatoms. The summed E-state index contributed by atoms with van der Waals surface area (Å²) in [6, 6.07) is 5.29. The maximum atomic E-state index is 13.3. The summed E-state index contributed by atoms with van der Waals surface area (Å²) in [4.78, 5) is 51.7. The molecule has 2 N–H and O–H groups in total. The molecule has 10 nitrogen and oxygen atoms in total. The number of anilines is 1. The van der Waals surface area contributed by atoms with E-state index in [0.29, 0.717) is 29.8 Å². The van der Waals surface area contributed by atoms with Crippen molar-refractivity contribution < 1.29 is 34.1 Å². The van der Waals surface area contributed by atoms with Gasteiger partial charge in [-0.1, -0.05) is 13.0 Å². The van der Waals surface area contributed by atoms with Crippen LogP contribution in [0.4, 0.5) is 5.69 Å². The first-order valence-electron chi connectivity index (χ1n) is 13.1. The summed E-state index contributed by atoms with van der Waals surface area (Å²) in [5.41, 5.74) is 2.15. The van der Waals surface area contributed by atoms with Gasteiger partial charge in [0, 0.05) is 18.3 Å². The Hall–Kier alpha value is -4.31. The third-order valence-corrected chi connectivity index (χ3v) is 6.81. The van der Waals surface area contributed by atoms with Gasteiger partial charge in [-0.2, -0.15) is 5.10 Å². The summed E-state index contributed by atoms with van der Waals surface area (Å²) in [6.45, 7) is 9.75. The molecular weight excluding hydrogens is 514 g/mol. The van der Waals surface area contributed by atoms with Gasteiger partial charge in [-0.15, -0.1) is 0 Å². The number of aliphatic hydroxyl groups excluding tert-OH is 2. The van der Waals surface area contributed by atoms with Crippen molar-refractivity contribution in [3.63, 3.8) is 0 Å². The molecule has 1 aromatic carbocycles. The summed E-state index contributed by atoms with van der Waals surface area (Å²) < 4.78 is 5.51. The number of benzene rings is 1. The Kier molecular flexibility index (Phi) is 7.93. The molecule has 1 amide bonds. The number of allylic oxidation sites excluding steroid dienone is 5. The molecule has 1 heterocycles. The zero-order valence-corrected chi connectivity index (χ0v) is 23.3. The molecule has 0 aromatic heterocycles. The number of rotatable bonds is 9. The predicted molar refractivity (Wildman–Crippen MR) is 150 cm³/mol. The zero-order valence-electron chi connectivity index (χ0n) is 23.3. The van der Waals surface area contributed by atoms with Gasteiger partial charge >= 0.3 is 0 Å². The van der Waals surface area contributed by atoms with E-state index in [0.717, 1.165) is 17.8 Å². The minimum Gasteiger partial charge on any atom is -0.506 e. The fourth-order valence-corrected chi connectivity index (χ4v) is 4.77. The van der Waals surface area contributed by atoms with Crippen LogP contribution >= 0.6 is 0 Å². The van der Waals surface area contributed by atoms with Crippen molar-refractivity contribution in [2.24, 2.45) is 5.10 Å². The van der Waals surface area contributed by atoms with Crippen molar-refractivity contribution in [3.8, 4) is 0 Å². The molecule has 1 aliphatic heterocycles. The number of hydrogen-bond donors (Lipinski definition) is 2. The van der Waals surface area contributed by atoms with Crippen molar-refractivity contribution >= 4 is 40.2 Å². The van der Waals surface area contributed by atoms with Crippen molar-refractivity contribution in [1.82, 2.24) is 5.01 Å². The Balaban J connectivity index is 1.57. The second-order valence-corrected chi connectivity index (χ2v) is 10.7. The van der Waals surface area contributed by atoms with Crippen LogP contribution in [0, 0.1) is 6.92 Å². The average Bonchev–Trinajstić information content (AvgIpc) is 3.23. The van der Waals surface area contributed by atoms with Crippen LogP contribution in [-0.4, -0.2) is 76.0 Å². The molecule has 4 rings (SSSR count). The molecule has 0 fully saturated rings. The van der Waals surface area contributed by atoms with Crippen LogP contribution in [0.1, 0.15) is 45.2 Å². The number of hydrazone groups is 1. The van der Waals surface area contributed by atoms with Crippen molar-refractivity contribution in [2.45, 2.75) is 46.6 Å². The summed E-state index contributed by atoms with van der Waals surface area (Å²) in [6.07, 6.45) is 3.92. The van der Waals surface area contributed by atoms with Crippen molar-refractivity contribution in [3.05, 3.63) is 70.2 Å². The SMILES string of the molecule is CCC1=NN(C(C)(C)C)C(=O)C1=C1C(=O)C(c2ccc(N(CCO)CCOC3=CC(=O)C=CC3=O)cc2C)=C1O. The van der Waals surface area contributed by atoms with Crippen LogP contribution in [0.5, 0.6) is 0 Å². The van der Waals surface area contributed by atoms with Gasteiger partial charge in [0.15, 0.2) is 11.5 Å². The average molecular weight is 548 g/mol. The summed E-state index contributed by atoms with van der Waals surface area (Å²) in [5.74, 6) is -1.78. The fraction of sp³-hybridized carbons (Fsp3) is 0.367. The molecule has 0 saturated heterocycles. The lowest BCUT2D eigenvalue weighted by atomic mass is 9.78. The van der Waals surface area contributed by atoms with Crippen LogP contribution in [0.15, 0.2) is 64.2 Å². The van der Waals surface area contributed by atoms with E-state index >= 15 is 0 Å². The second kappa shape index (κ2) is 11.1. The largest absolute Gasteiger partial charge is 0.506 e. The molecule has 0 saturated carbocycles. The fourth-order valence-electron chi connectivity index (χ4n) is 4.77. The number of amides is 1. The smallest absolute Gasteiger partial charge is 0.277 e. The van der Waals surface area contributed by atoms with Gasteiger partial charge in [0.25, 0.3) is 5.91 Å². The third kappa shape index (κ3) is 5.27. The first-order chi connectivity index (χ1) is 18.9. The molecule has 0 unspecified atom stereocenters. The van der Waals surface area contributed by atoms with Crippen LogP contribution in [-0.2, 0) is 23.9 Å². The highest BCUT2D eigenvalue weighted by Gasteiger charge is 2.45. The number of aliphatic hydroxyl groups is 2. The number of carbonyl (C=O) groups excluding carboxylic acids is 4. The van der Waals surface area contributed by atoms with E-state index in [9.17, 15) is 29.4 Å². The maximum absolute atomic E-state index is 13.3. The summed E-state index contributed by atoms with van der Waals surface area (Å²) >= 11 is 0. The zero-order chi connectivity index (χ0) is 29.4. The number of ether oxygens (including phenoxy) is 1. The van der Waals surface area contributed by atoms with Crippen LogP contribution < -0.4 is 4.90 Å². The van der Waals surface area contributed by atoms with E-state index in [-0.39, 0.29) is 59.6 Å². The van der Waals surface area contributed by atoms with E-state index in [4.69, 9.17) is 4.74 Å². The van der Waals surface area contributed by atoms with Crippen LogP contribution in [0.3, 0.4) is 0 Å². The number of hydrogen-bond acceptors (Lipinski definition) is 9. The monoisotopic (exact) mass is 547 g/mol. The predicted octanol–water partition coefficient (Wildman–Crippen LogP) is 2.96. The molecule has 0 spiro atoms. The van der Waals surface area contributed by atoms with Gasteiger partial charge in [0.1, 0.15) is 12.4 Å². The van der Waals surface area contributed by atoms with Crippen LogP contribution in [0.25, 0.3) is 5.57 Å². The number of aryl methyl sites for hydroxylation is 1. The lowest BCUT2D eigenvalue weighted by Gasteiger charge is -2.29. The first kappa shape index (κ1) is 28.7. The van der Waals surface area contributed by atoms with E-state index in [1.54, 1.807) is 19.1 Å². The van der Waals surface area contributed by atoms with Gasteiger partial charge in [-0.05, 0) is 69.5 Å². The molecule has 0 atom stereocenters. The van der Waals surface area contributed by atoms with E-state index in [1.807, 2.05) is 38.7 Å². The van der Waals surface area contributed by atoms with E-state index in [2.05, 4.69) is 5.10 Å². The van der Waals surface area contributed by atoms with Gasteiger partial charge in [0.05, 0.1) is 41.1 Å². The molecule has 2 aliphatic carbocycles. The minimum absolute atomic E-state index is 0.00484. The van der Waals surface area contributed by atoms with Crippen molar-refractivity contribution in [2.75, 3.05) is 31.2 Å². The van der Waals surface area contributed by atoms with Gasteiger partial charge < -0.3 is 19.8 Å². The molecule has 1 aromatic rings. The van der Waals surface area contributed by atoms with Gasteiger partial charge in [-0.25, -0.2) is 5.01 Å². The Bertz CT molecular complexity index is 1450. The first-order valence-corrected chi connectivity index (χ1v) is 13.1. The normalized spacial score (nSPS) is 19.3. The molecule has 210 valence electrons. The molecule has 3 aliphatic rings. The second-order valence-electron chi connectivity index (χ2n) is 10.7. The highest BCUT2D eigenvalue weighted by atomic mass is 16.5. The molecule has 0 radical (unpaired) electrons. The standard InChI is InChI=1S/C30H33N3O7/c1-6-21-25(29(39)33(31-21)30(3,4)5)26-27(37)24(28(26)38)20-9-7-18(15-17(20)2)32(11-13-34)12-14-40-23-16-19(35)8-10-22(23)36/h7-10,15-16,34,37H,6,11-14H2,1-5H3. The Labute approximate surface area is 232 Å². The molecular formula is C30H33N3O7. The highest BCUT2D eigenvalue weighted by Crippen LogP contribution is 2.42. The third-order valence-electron chi connectivity index (χ3n) is 6.81.